The molecule has 2 aromatic rings. The van der Waals surface area contributed by atoms with Crippen LogP contribution in [0.15, 0.2) is 42.7 Å². The fourth-order valence-electron chi connectivity index (χ4n) is 2.04. The van der Waals surface area contributed by atoms with Crippen molar-refractivity contribution in [2.75, 3.05) is 0 Å². The highest BCUT2D eigenvalue weighted by Crippen LogP contribution is 2.10. The minimum atomic E-state index is -0.849. The van der Waals surface area contributed by atoms with Crippen LogP contribution in [0.4, 0.5) is 4.79 Å². The number of benzene rings is 1. The Morgan fingerprint density at radius 1 is 1.27 bits per heavy atom. The number of nitrogens with zero attached hydrogens (tertiary/aromatic N) is 2. The Labute approximate surface area is 128 Å². The molecule has 7 heteroatoms. The Balaban J connectivity index is 1.98. The van der Waals surface area contributed by atoms with E-state index in [2.05, 4.69) is 15.7 Å². The van der Waals surface area contributed by atoms with Crippen molar-refractivity contribution < 1.29 is 9.59 Å². The summed E-state index contributed by atoms with van der Waals surface area (Å²) < 4.78 is 1.84. The topological polar surface area (TPSA) is 102 Å². The van der Waals surface area contributed by atoms with E-state index in [1.807, 2.05) is 41.2 Å². The van der Waals surface area contributed by atoms with Crippen molar-refractivity contribution in [3.05, 3.63) is 53.9 Å². The van der Waals surface area contributed by atoms with Gasteiger partial charge in [-0.15, -0.1) is 0 Å². The average molecular weight is 301 g/mol. The van der Waals surface area contributed by atoms with E-state index in [0.29, 0.717) is 13.1 Å². The normalized spacial score (nSPS) is 11.9. The quantitative estimate of drug-likeness (QED) is 0.727. The number of hydrogen-bond donors (Lipinski definition) is 3. The van der Waals surface area contributed by atoms with Crippen LogP contribution in [0.2, 0.25) is 0 Å². The zero-order valence-electron chi connectivity index (χ0n) is 12.3. The van der Waals surface area contributed by atoms with Gasteiger partial charge in [0.05, 0.1) is 12.6 Å². The second-order valence-electron chi connectivity index (χ2n) is 4.93. The van der Waals surface area contributed by atoms with E-state index < -0.39 is 18.0 Å². The summed E-state index contributed by atoms with van der Waals surface area (Å²) in [5.74, 6) is -0.447. The van der Waals surface area contributed by atoms with E-state index in [0.717, 1.165) is 11.1 Å². The molecule has 1 heterocycles. The van der Waals surface area contributed by atoms with Crippen molar-refractivity contribution in [2.45, 2.75) is 26.1 Å². The van der Waals surface area contributed by atoms with Crippen molar-refractivity contribution in [3.63, 3.8) is 0 Å². The van der Waals surface area contributed by atoms with E-state index >= 15 is 0 Å². The van der Waals surface area contributed by atoms with Gasteiger partial charge in [-0.05, 0) is 24.1 Å². The molecule has 0 aliphatic carbocycles. The van der Waals surface area contributed by atoms with Gasteiger partial charge in [-0.1, -0.05) is 24.3 Å². The Morgan fingerprint density at radius 3 is 2.64 bits per heavy atom. The lowest BCUT2D eigenvalue weighted by Crippen LogP contribution is -2.46. The predicted octanol–water partition coefficient (Wildman–Crippen LogP) is 0.604. The summed E-state index contributed by atoms with van der Waals surface area (Å²) in [5, 5.41) is 9.32. The number of primary amides is 1. The molecule has 4 N–H and O–H groups in total. The minimum Gasteiger partial charge on any atom is -0.351 e. The van der Waals surface area contributed by atoms with Gasteiger partial charge in [0.15, 0.2) is 0 Å². The number of hydrogen-bond acceptors (Lipinski definition) is 4. The fourth-order valence-corrected chi connectivity index (χ4v) is 2.04. The summed E-state index contributed by atoms with van der Waals surface area (Å²) in [4.78, 5) is 22.3. The summed E-state index contributed by atoms with van der Waals surface area (Å²) in [6, 6.07) is 8.42. The van der Waals surface area contributed by atoms with Gasteiger partial charge in [0, 0.05) is 18.9 Å². The monoisotopic (exact) mass is 301 g/mol. The first-order valence-corrected chi connectivity index (χ1v) is 6.94. The molecule has 0 aliphatic rings. The molecular formula is C15H19N5O2. The number of nitrogens with two attached hydrogens (primary N) is 1. The van der Waals surface area contributed by atoms with Crippen molar-refractivity contribution in [2.24, 2.45) is 5.73 Å². The van der Waals surface area contributed by atoms with Gasteiger partial charge < -0.3 is 11.1 Å². The Kier molecular flexibility index (Phi) is 5.26. The van der Waals surface area contributed by atoms with Crippen molar-refractivity contribution >= 4 is 11.9 Å². The third-order valence-electron chi connectivity index (χ3n) is 3.25. The number of aromatic nitrogens is 2. The first-order chi connectivity index (χ1) is 10.6. The molecule has 22 heavy (non-hydrogen) atoms. The smallest absolute Gasteiger partial charge is 0.318 e. The van der Waals surface area contributed by atoms with Crippen LogP contribution in [0.3, 0.4) is 0 Å². The standard InChI is InChI=1S/C15H19N5O2/c1-11(14(21)19-15(16)22)17-9-12-5-2-3-6-13(12)10-20-8-4-7-18-20/h2-8,11,17H,9-10H2,1H3,(H3,16,19,21,22)/t11-/m0/s1. The molecule has 2 rings (SSSR count). The number of amides is 3. The molecule has 0 spiro atoms. The van der Waals surface area contributed by atoms with Crippen molar-refractivity contribution in [1.29, 1.82) is 0 Å². The molecule has 0 fully saturated rings. The third-order valence-corrected chi connectivity index (χ3v) is 3.25. The molecular weight excluding hydrogens is 282 g/mol. The van der Waals surface area contributed by atoms with Crippen molar-refractivity contribution in [1.82, 2.24) is 20.4 Å². The summed E-state index contributed by atoms with van der Waals surface area (Å²) >= 11 is 0. The molecule has 0 aliphatic heterocycles. The summed E-state index contributed by atoms with van der Waals surface area (Å²) in [7, 11) is 0. The van der Waals surface area contributed by atoms with Gasteiger partial charge >= 0.3 is 6.03 Å². The van der Waals surface area contributed by atoms with Crippen LogP contribution in [-0.2, 0) is 17.9 Å². The van der Waals surface area contributed by atoms with Crippen LogP contribution in [-0.4, -0.2) is 27.8 Å². The fraction of sp³-hybridized carbons (Fsp3) is 0.267. The lowest BCUT2D eigenvalue weighted by molar-refractivity contribution is -0.121. The second-order valence-corrected chi connectivity index (χ2v) is 4.93. The van der Waals surface area contributed by atoms with E-state index in [-0.39, 0.29) is 0 Å². The van der Waals surface area contributed by atoms with E-state index in [9.17, 15) is 9.59 Å². The SMILES string of the molecule is C[C@H](NCc1ccccc1Cn1cccn1)C(=O)NC(N)=O. The van der Waals surface area contributed by atoms with Crippen molar-refractivity contribution in [3.8, 4) is 0 Å². The molecule has 0 saturated carbocycles. The van der Waals surface area contributed by atoms with Crippen LogP contribution < -0.4 is 16.4 Å². The number of carbonyl (C=O) groups excluding carboxylic acids is 2. The lowest BCUT2D eigenvalue weighted by Gasteiger charge is -2.15. The maximum Gasteiger partial charge on any atom is 0.318 e. The van der Waals surface area contributed by atoms with Crippen LogP contribution in [0.1, 0.15) is 18.1 Å². The highest BCUT2D eigenvalue weighted by Gasteiger charge is 2.14. The summed E-state index contributed by atoms with van der Waals surface area (Å²) in [5.41, 5.74) is 7.11. The van der Waals surface area contributed by atoms with Gasteiger partial charge in [-0.3, -0.25) is 14.8 Å². The third kappa shape index (κ3) is 4.42. The highest BCUT2D eigenvalue weighted by atomic mass is 16.2. The maximum absolute atomic E-state index is 11.6. The second kappa shape index (κ2) is 7.37. The number of imide groups is 1. The molecule has 0 unspecified atom stereocenters. The molecule has 1 aromatic carbocycles. The molecule has 1 aromatic heterocycles. The van der Waals surface area contributed by atoms with E-state index in [1.54, 1.807) is 13.1 Å². The molecule has 0 bridgehead atoms. The number of carbonyl (C=O) groups is 2. The van der Waals surface area contributed by atoms with Crippen LogP contribution in [0, 0.1) is 0 Å². The molecule has 116 valence electrons. The Bertz CT molecular complexity index is 639. The van der Waals surface area contributed by atoms with Crippen LogP contribution in [0.25, 0.3) is 0 Å². The van der Waals surface area contributed by atoms with E-state index in [4.69, 9.17) is 5.73 Å². The number of urea groups is 1. The lowest BCUT2D eigenvalue weighted by atomic mass is 10.1. The zero-order valence-corrected chi connectivity index (χ0v) is 12.3. The van der Waals surface area contributed by atoms with Gasteiger partial charge in [0.2, 0.25) is 5.91 Å². The van der Waals surface area contributed by atoms with Gasteiger partial charge in [0.25, 0.3) is 0 Å². The molecule has 3 amide bonds. The van der Waals surface area contributed by atoms with Gasteiger partial charge in [0.1, 0.15) is 0 Å². The average Bonchev–Trinajstić information content (AvgIpc) is 2.98. The molecule has 0 saturated heterocycles. The summed E-state index contributed by atoms with van der Waals surface area (Å²) in [6.45, 7) is 2.84. The molecule has 7 nitrogen and oxygen atoms in total. The number of rotatable bonds is 6. The zero-order chi connectivity index (χ0) is 15.9. The Hall–Kier alpha value is -2.67. The van der Waals surface area contributed by atoms with E-state index in [1.165, 1.54) is 0 Å². The largest absolute Gasteiger partial charge is 0.351 e. The first-order valence-electron chi connectivity index (χ1n) is 6.94. The maximum atomic E-state index is 11.6. The van der Waals surface area contributed by atoms with Crippen LogP contribution in [0.5, 0.6) is 0 Å². The predicted molar refractivity (Wildman–Crippen MR) is 81.8 cm³/mol. The van der Waals surface area contributed by atoms with Gasteiger partial charge in [-0.25, -0.2) is 4.79 Å². The minimum absolute atomic E-state index is 0.447. The Morgan fingerprint density at radius 2 is 2.00 bits per heavy atom. The highest BCUT2D eigenvalue weighted by molar-refractivity contribution is 5.96. The first kappa shape index (κ1) is 15.7. The summed E-state index contributed by atoms with van der Waals surface area (Å²) in [6.07, 6.45) is 3.63. The van der Waals surface area contributed by atoms with Gasteiger partial charge in [-0.2, -0.15) is 5.10 Å². The molecule has 1 atom stereocenters. The number of nitrogens with one attached hydrogen (secondary N) is 2. The van der Waals surface area contributed by atoms with Crippen LogP contribution >= 0.6 is 0 Å². The molecule has 0 radical (unpaired) electrons.